The van der Waals surface area contributed by atoms with E-state index in [0.29, 0.717) is 13.2 Å². The molecule has 2 aliphatic rings. The summed E-state index contributed by atoms with van der Waals surface area (Å²) in [6.45, 7) is 1.95. The third kappa shape index (κ3) is 2.48. The average molecular weight is 215 g/mol. The molecular weight excluding hydrogens is 198 g/mol. The Morgan fingerprint density at radius 2 is 2.40 bits per heavy atom. The number of rotatable bonds is 2. The summed E-state index contributed by atoms with van der Waals surface area (Å²) in [7, 11) is 0. The fraction of sp³-hybridized carbons (Fsp3) is 0.900. The van der Waals surface area contributed by atoms with E-state index in [0.717, 1.165) is 19.4 Å². The lowest BCUT2D eigenvalue weighted by Crippen LogP contribution is -2.54. The lowest BCUT2D eigenvalue weighted by atomic mass is 10.1. The third-order valence-corrected chi connectivity index (χ3v) is 2.94. The van der Waals surface area contributed by atoms with E-state index in [1.54, 1.807) is 4.90 Å². The minimum absolute atomic E-state index is 0.00944. The molecule has 15 heavy (non-hydrogen) atoms. The zero-order valence-corrected chi connectivity index (χ0v) is 8.72. The lowest BCUT2D eigenvalue weighted by molar-refractivity contribution is -0.158. The van der Waals surface area contributed by atoms with Gasteiger partial charge in [0.15, 0.2) is 0 Å². The van der Waals surface area contributed by atoms with Gasteiger partial charge in [0, 0.05) is 13.2 Å². The van der Waals surface area contributed by atoms with E-state index in [2.05, 4.69) is 0 Å². The molecule has 2 aliphatic heterocycles. The Kier molecular flexibility index (Phi) is 3.56. The Labute approximate surface area is 89.0 Å². The van der Waals surface area contributed by atoms with Gasteiger partial charge in [0.25, 0.3) is 0 Å². The summed E-state index contributed by atoms with van der Waals surface area (Å²) in [5.74, 6) is 0.00944. The Morgan fingerprint density at radius 3 is 3.07 bits per heavy atom. The zero-order chi connectivity index (χ0) is 10.7. The summed E-state index contributed by atoms with van der Waals surface area (Å²) in [4.78, 5) is 13.4. The van der Waals surface area contributed by atoms with Gasteiger partial charge in [-0.25, -0.2) is 0 Å². The van der Waals surface area contributed by atoms with E-state index in [1.807, 2.05) is 0 Å². The summed E-state index contributed by atoms with van der Waals surface area (Å²) >= 11 is 0. The summed E-state index contributed by atoms with van der Waals surface area (Å²) in [6, 6.07) is 0.171. The van der Waals surface area contributed by atoms with Gasteiger partial charge < -0.3 is 19.5 Å². The van der Waals surface area contributed by atoms with Crippen LogP contribution in [0.2, 0.25) is 0 Å². The van der Waals surface area contributed by atoms with E-state index in [-0.39, 0.29) is 31.3 Å². The van der Waals surface area contributed by atoms with Crippen molar-refractivity contribution in [1.29, 1.82) is 0 Å². The Bertz CT molecular complexity index is 227. The molecule has 5 nitrogen and oxygen atoms in total. The fourth-order valence-corrected chi connectivity index (χ4v) is 2.08. The number of aliphatic hydroxyl groups excluding tert-OH is 1. The van der Waals surface area contributed by atoms with Crippen LogP contribution < -0.4 is 0 Å². The third-order valence-electron chi connectivity index (χ3n) is 2.94. The van der Waals surface area contributed by atoms with E-state index >= 15 is 0 Å². The Morgan fingerprint density at radius 1 is 1.53 bits per heavy atom. The number of nitrogens with zero attached hydrogens (tertiary/aromatic N) is 1. The Hall–Kier alpha value is -0.650. The number of ether oxygens (including phenoxy) is 2. The average Bonchev–Trinajstić information content (AvgIpc) is 2.31. The topological polar surface area (TPSA) is 59.0 Å². The molecule has 5 heteroatoms. The number of hydrogen-bond donors (Lipinski definition) is 1. The van der Waals surface area contributed by atoms with Crippen molar-refractivity contribution in [3.63, 3.8) is 0 Å². The SMILES string of the molecule is O=C1COC(CO)CN1C1CCCOC1. The predicted molar refractivity (Wildman–Crippen MR) is 52.4 cm³/mol. The molecule has 2 fully saturated rings. The molecule has 0 aromatic heterocycles. The van der Waals surface area contributed by atoms with Gasteiger partial charge in [-0.2, -0.15) is 0 Å². The number of morpholine rings is 1. The van der Waals surface area contributed by atoms with Gasteiger partial charge in [-0.3, -0.25) is 4.79 Å². The maximum Gasteiger partial charge on any atom is 0.249 e. The van der Waals surface area contributed by atoms with Crippen LogP contribution in [0.4, 0.5) is 0 Å². The summed E-state index contributed by atoms with van der Waals surface area (Å²) in [5, 5.41) is 9.00. The summed E-state index contributed by atoms with van der Waals surface area (Å²) < 4.78 is 10.5. The molecular formula is C10H17NO4. The fourth-order valence-electron chi connectivity index (χ4n) is 2.08. The van der Waals surface area contributed by atoms with E-state index < -0.39 is 0 Å². The highest BCUT2D eigenvalue weighted by atomic mass is 16.5. The monoisotopic (exact) mass is 215 g/mol. The van der Waals surface area contributed by atoms with Gasteiger partial charge in [-0.1, -0.05) is 0 Å². The molecule has 1 amide bonds. The van der Waals surface area contributed by atoms with Crippen molar-refractivity contribution in [3.8, 4) is 0 Å². The minimum atomic E-state index is -0.232. The van der Waals surface area contributed by atoms with Gasteiger partial charge in [0.1, 0.15) is 6.61 Å². The molecule has 2 heterocycles. The molecule has 86 valence electrons. The van der Waals surface area contributed by atoms with Gasteiger partial charge in [-0.15, -0.1) is 0 Å². The van der Waals surface area contributed by atoms with Crippen molar-refractivity contribution >= 4 is 5.91 Å². The number of hydrogen-bond acceptors (Lipinski definition) is 4. The molecule has 0 radical (unpaired) electrons. The molecule has 2 saturated heterocycles. The molecule has 0 aliphatic carbocycles. The number of carbonyl (C=O) groups is 1. The van der Waals surface area contributed by atoms with Crippen molar-refractivity contribution in [2.75, 3.05) is 33.0 Å². The van der Waals surface area contributed by atoms with Crippen LogP contribution in [0.25, 0.3) is 0 Å². The summed E-state index contributed by atoms with van der Waals surface area (Å²) in [5.41, 5.74) is 0. The van der Waals surface area contributed by atoms with Crippen molar-refractivity contribution in [3.05, 3.63) is 0 Å². The second kappa shape index (κ2) is 4.92. The first-order valence-electron chi connectivity index (χ1n) is 5.41. The van der Waals surface area contributed by atoms with Crippen molar-refractivity contribution in [1.82, 2.24) is 4.90 Å². The first kappa shape index (κ1) is 10.9. The standard InChI is InChI=1S/C10H17NO4/c12-5-9-4-11(10(13)7-15-9)8-2-1-3-14-6-8/h8-9,12H,1-7H2. The van der Waals surface area contributed by atoms with Crippen molar-refractivity contribution < 1.29 is 19.4 Å². The van der Waals surface area contributed by atoms with Crippen molar-refractivity contribution in [2.24, 2.45) is 0 Å². The van der Waals surface area contributed by atoms with E-state index in [1.165, 1.54) is 0 Å². The number of aliphatic hydroxyl groups is 1. The largest absolute Gasteiger partial charge is 0.394 e. The highest BCUT2D eigenvalue weighted by Crippen LogP contribution is 2.17. The van der Waals surface area contributed by atoms with Crippen LogP contribution in [0.1, 0.15) is 12.8 Å². The first-order chi connectivity index (χ1) is 7.31. The smallest absolute Gasteiger partial charge is 0.249 e. The maximum absolute atomic E-state index is 11.6. The van der Waals surface area contributed by atoms with Gasteiger partial charge >= 0.3 is 0 Å². The second-order valence-corrected chi connectivity index (χ2v) is 4.03. The summed E-state index contributed by atoms with van der Waals surface area (Å²) in [6.07, 6.45) is 1.76. The molecule has 0 bridgehead atoms. The van der Waals surface area contributed by atoms with Gasteiger partial charge in [-0.05, 0) is 12.8 Å². The van der Waals surface area contributed by atoms with Gasteiger partial charge in [0.2, 0.25) is 5.91 Å². The molecule has 2 rings (SSSR count). The highest BCUT2D eigenvalue weighted by Gasteiger charge is 2.32. The van der Waals surface area contributed by atoms with Crippen LogP contribution in [-0.2, 0) is 14.3 Å². The molecule has 1 N–H and O–H groups in total. The van der Waals surface area contributed by atoms with Gasteiger partial charge in [0.05, 0.1) is 25.4 Å². The molecule has 0 aromatic carbocycles. The molecule has 2 unspecified atom stereocenters. The highest BCUT2D eigenvalue weighted by molar-refractivity contribution is 5.78. The molecule has 0 aromatic rings. The van der Waals surface area contributed by atoms with Crippen LogP contribution in [-0.4, -0.2) is 61.0 Å². The van der Waals surface area contributed by atoms with Crippen LogP contribution in [0.3, 0.4) is 0 Å². The predicted octanol–water partition coefficient (Wildman–Crippen LogP) is -0.615. The van der Waals surface area contributed by atoms with E-state index in [9.17, 15) is 4.79 Å². The van der Waals surface area contributed by atoms with Crippen LogP contribution in [0.5, 0.6) is 0 Å². The quantitative estimate of drug-likeness (QED) is 0.667. The molecule has 0 saturated carbocycles. The molecule has 2 atom stereocenters. The maximum atomic E-state index is 11.6. The van der Waals surface area contributed by atoms with Crippen LogP contribution >= 0.6 is 0 Å². The second-order valence-electron chi connectivity index (χ2n) is 4.03. The lowest BCUT2D eigenvalue weighted by Gasteiger charge is -2.39. The zero-order valence-electron chi connectivity index (χ0n) is 8.72. The van der Waals surface area contributed by atoms with Crippen LogP contribution in [0.15, 0.2) is 0 Å². The molecule has 0 spiro atoms. The minimum Gasteiger partial charge on any atom is -0.394 e. The first-order valence-corrected chi connectivity index (χ1v) is 5.41. The normalized spacial score (nSPS) is 33.1. The van der Waals surface area contributed by atoms with Crippen molar-refractivity contribution in [2.45, 2.75) is 25.0 Å². The Balaban J connectivity index is 1.95. The van der Waals surface area contributed by atoms with Crippen LogP contribution in [0, 0.1) is 0 Å². The number of carbonyl (C=O) groups excluding carboxylic acids is 1. The number of amides is 1. The van der Waals surface area contributed by atoms with E-state index in [4.69, 9.17) is 14.6 Å².